The Hall–Kier alpha value is -2.12. The van der Waals surface area contributed by atoms with Crippen molar-refractivity contribution in [1.82, 2.24) is 0 Å². The maximum absolute atomic E-state index is 2.62. The van der Waals surface area contributed by atoms with Gasteiger partial charge in [-0.3, -0.25) is 0 Å². The molecule has 0 nitrogen and oxygen atoms in total. The summed E-state index contributed by atoms with van der Waals surface area (Å²) in [5.74, 6) is 0. The van der Waals surface area contributed by atoms with Gasteiger partial charge in [0.1, 0.15) is 0 Å². The third kappa shape index (κ3) is 3.50. The maximum atomic E-state index is 2.62. The molecule has 2 aliphatic rings. The van der Waals surface area contributed by atoms with E-state index < -0.39 is 8.07 Å². The standard InChI is InChI=1S/C31H40Si/c1-19-16-27-26(24-14-12-11-13-15-24)17-25(31(6,7)8)18-28(27)29(19)32(9,10)30-22(4)20(2)21(3)23(30)5/h11-15,17-18,30H,16H2,1-10H3. The number of benzene rings is 2. The minimum absolute atomic E-state index is 0.123. The number of hydrogen-bond donors (Lipinski definition) is 0. The van der Waals surface area contributed by atoms with Gasteiger partial charge < -0.3 is 0 Å². The number of fused-ring (bicyclic) bond motifs is 1. The highest BCUT2D eigenvalue weighted by Crippen LogP contribution is 2.54. The predicted octanol–water partition coefficient (Wildman–Crippen LogP) is 9.28. The smallest absolute Gasteiger partial charge is 0.0690 e. The van der Waals surface area contributed by atoms with Crippen molar-refractivity contribution < 1.29 is 0 Å². The van der Waals surface area contributed by atoms with Crippen molar-refractivity contribution in [2.45, 2.75) is 85.9 Å². The highest BCUT2D eigenvalue weighted by molar-refractivity contribution is 6.97. The largest absolute Gasteiger partial charge is 0.0926 e. The van der Waals surface area contributed by atoms with Gasteiger partial charge in [0, 0.05) is 5.54 Å². The summed E-state index contributed by atoms with van der Waals surface area (Å²) in [7, 11) is -1.80. The van der Waals surface area contributed by atoms with Crippen LogP contribution in [-0.2, 0) is 11.8 Å². The van der Waals surface area contributed by atoms with Gasteiger partial charge in [-0.25, -0.2) is 0 Å². The van der Waals surface area contributed by atoms with Crippen LogP contribution in [0.1, 0.15) is 72.1 Å². The van der Waals surface area contributed by atoms with Crippen molar-refractivity contribution in [2.24, 2.45) is 0 Å². The third-order valence-electron chi connectivity index (χ3n) is 8.32. The quantitative estimate of drug-likeness (QED) is 0.417. The lowest BCUT2D eigenvalue weighted by atomic mass is 9.82. The SMILES string of the molecule is CC1=C([Si](C)(C)C2C(C)=C(C)C(C)=C2C)c2cc(C(C)(C)C)cc(-c3ccccc3)c2C1. The fourth-order valence-electron chi connectivity index (χ4n) is 6.45. The molecule has 0 heterocycles. The molecule has 1 heteroatoms. The molecule has 0 N–H and O–H groups in total. The van der Waals surface area contributed by atoms with Crippen LogP contribution in [0.4, 0.5) is 0 Å². The number of rotatable bonds is 3. The summed E-state index contributed by atoms with van der Waals surface area (Å²) in [5, 5.41) is 1.71. The van der Waals surface area contributed by atoms with Crippen LogP contribution >= 0.6 is 0 Å². The Morgan fingerprint density at radius 3 is 1.84 bits per heavy atom. The van der Waals surface area contributed by atoms with Crippen LogP contribution in [0.25, 0.3) is 16.3 Å². The van der Waals surface area contributed by atoms with Crippen molar-refractivity contribution in [3.63, 3.8) is 0 Å². The summed E-state index contributed by atoms with van der Waals surface area (Å²) in [5.41, 5.74) is 15.9. The summed E-state index contributed by atoms with van der Waals surface area (Å²) in [6.45, 7) is 24.1. The molecule has 2 aliphatic carbocycles. The van der Waals surface area contributed by atoms with Crippen molar-refractivity contribution in [1.29, 1.82) is 0 Å². The van der Waals surface area contributed by atoms with Gasteiger partial charge in [0.05, 0.1) is 8.07 Å². The Kier molecular flexibility index (Phi) is 5.57. The van der Waals surface area contributed by atoms with Crippen molar-refractivity contribution in [2.75, 3.05) is 0 Å². The van der Waals surface area contributed by atoms with Gasteiger partial charge in [0.2, 0.25) is 0 Å². The molecule has 0 unspecified atom stereocenters. The van der Waals surface area contributed by atoms with Gasteiger partial charge in [-0.15, -0.1) is 0 Å². The molecule has 0 aliphatic heterocycles. The monoisotopic (exact) mass is 440 g/mol. The van der Waals surface area contributed by atoms with Crippen molar-refractivity contribution >= 4 is 13.3 Å². The molecule has 2 aromatic rings. The van der Waals surface area contributed by atoms with Gasteiger partial charge in [-0.05, 0) is 85.4 Å². The van der Waals surface area contributed by atoms with Gasteiger partial charge >= 0.3 is 0 Å². The Bertz CT molecular complexity index is 1150. The molecule has 0 radical (unpaired) electrons. The molecule has 0 aromatic heterocycles. The topological polar surface area (TPSA) is 0 Å². The zero-order valence-corrected chi connectivity index (χ0v) is 22.8. The molecule has 0 saturated carbocycles. The minimum atomic E-state index is -1.80. The lowest BCUT2D eigenvalue weighted by molar-refractivity contribution is 0.590. The molecule has 0 atom stereocenters. The van der Waals surface area contributed by atoms with Crippen LogP contribution in [-0.4, -0.2) is 8.07 Å². The first kappa shape index (κ1) is 23.0. The molecule has 0 amide bonds. The van der Waals surface area contributed by atoms with Gasteiger partial charge in [0.25, 0.3) is 0 Å². The lowest BCUT2D eigenvalue weighted by Gasteiger charge is -2.36. The first-order chi connectivity index (χ1) is 14.9. The molecule has 0 spiro atoms. The zero-order chi connectivity index (χ0) is 23.6. The number of allylic oxidation sites excluding steroid dienone is 5. The van der Waals surface area contributed by atoms with E-state index in [0.717, 1.165) is 6.42 Å². The lowest BCUT2D eigenvalue weighted by Crippen LogP contribution is -2.35. The summed E-state index contributed by atoms with van der Waals surface area (Å²) >= 11 is 0. The molecule has 4 rings (SSSR count). The minimum Gasteiger partial charge on any atom is -0.0690 e. The van der Waals surface area contributed by atoms with Crippen LogP contribution in [0.3, 0.4) is 0 Å². The fourth-order valence-corrected chi connectivity index (χ4v) is 11.4. The molecule has 0 bridgehead atoms. The highest BCUT2D eigenvalue weighted by atomic mass is 28.3. The molecule has 0 saturated heterocycles. The molecule has 32 heavy (non-hydrogen) atoms. The van der Waals surface area contributed by atoms with Crippen LogP contribution in [0.15, 0.2) is 70.3 Å². The molecular formula is C31H40Si. The summed E-state index contributed by atoms with van der Waals surface area (Å²) in [4.78, 5) is 0. The van der Waals surface area contributed by atoms with Crippen molar-refractivity contribution in [3.8, 4) is 11.1 Å². The first-order valence-corrected chi connectivity index (χ1v) is 15.2. The van der Waals surface area contributed by atoms with E-state index in [1.165, 1.54) is 27.8 Å². The third-order valence-corrected chi connectivity index (χ3v) is 12.6. The maximum Gasteiger partial charge on any atom is 0.0926 e. The summed E-state index contributed by atoms with van der Waals surface area (Å²) in [6, 6.07) is 16.0. The summed E-state index contributed by atoms with van der Waals surface area (Å²) in [6.07, 6.45) is 1.09. The van der Waals surface area contributed by atoms with E-state index in [2.05, 4.69) is 111 Å². The Balaban J connectivity index is 1.96. The second kappa shape index (κ2) is 7.73. The van der Waals surface area contributed by atoms with Gasteiger partial charge in [-0.1, -0.05) is 98.2 Å². The van der Waals surface area contributed by atoms with Crippen LogP contribution in [0.2, 0.25) is 18.6 Å². The Labute approximate surface area is 197 Å². The van der Waals surface area contributed by atoms with Crippen LogP contribution < -0.4 is 0 Å². The highest BCUT2D eigenvalue weighted by Gasteiger charge is 2.44. The first-order valence-electron chi connectivity index (χ1n) is 12.1. The predicted molar refractivity (Wildman–Crippen MR) is 145 cm³/mol. The van der Waals surface area contributed by atoms with E-state index in [9.17, 15) is 0 Å². The van der Waals surface area contributed by atoms with E-state index in [1.54, 1.807) is 33.0 Å². The fraction of sp³-hybridized carbons (Fsp3) is 0.419. The molecule has 2 aromatic carbocycles. The van der Waals surface area contributed by atoms with Crippen LogP contribution in [0.5, 0.6) is 0 Å². The van der Waals surface area contributed by atoms with E-state index in [0.29, 0.717) is 5.54 Å². The van der Waals surface area contributed by atoms with Crippen LogP contribution in [0, 0.1) is 0 Å². The van der Waals surface area contributed by atoms with Crippen molar-refractivity contribution in [3.05, 3.63) is 87.0 Å². The average Bonchev–Trinajstić information content (AvgIpc) is 3.16. The molecular weight excluding hydrogens is 400 g/mol. The Morgan fingerprint density at radius 1 is 0.781 bits per heavy atom. The Morgan fingerprint density at radius 2 is 1.31 bits per heavy atom. The van der Waals surface area contributed by atoms with E-state index >= 15 is 0 Å². The second-order valence-corrected chi connectivity index (χ2v) is 16.3. The van der Waals surface area contributed by atoms with Gasteiger partial charge in [-0.2, -0.15) is 0 Å². The van der Waals surface area contributed by atoms with E-state index in [4.69, 9.17) is 0 Å². The summed E-state index contributed by atoms with van der Waals surface area (Å²) < 4.78 is 0. The molecule has 168 valence electrons. The van der Waals surface area contributed by atoms with Gasteiger partial charge in [0.15, 0.2) is 0 Å². The molecule has 0 fully saturated rings. The zero-order valence-electron chi connectivity index (χ0n) is 21.8. The van der Waals surface area contributed by atoms with E-state index in [-0.39, 0.29) is 5.41 Å². The average molecular weight is 441 g/mol. The number of hydrogen-bond acceptors (Lipinski definition) is 0. The normalized spacial score (nSPS) is 17.7. The second-order valence-electron chi connectivity index (χ2n) is 11.8. The van der Waals surface area contributed by atoms with E-state index in [1.807, 2.05) is 0 Å².